The topological polar surface area (TPSA) is 25.3 Å². The monoisotopic (exact) mass is 654 g/mol. The van der Waals surface area contributed by atoms with Gasteiger partial charge in [-0.15, -0.1) is 0 Å². The number of rotatable bonds is 17. The molecule has 0 amide bonds. The molecular formula is C42H64N2Ni. The normalized spacial score (nSPS) is 12.6. The van der Waals surface area contributed by atoms with Crippen LogP contribution in [0, 0.1) is 27.7 Å². The van der Waals surface area contributed by atoms with Crippen LogP contribution in [0.25, 0.3) is 16.9 Å². The van der Waals surface area contributed by atoms with Gasteiger partial charge in [0.05, 0.1) is 5.57 Å². The van der Waals surface area contributed by atoms with Gasteiger partial charge in [0.2, 0.25) is 11.4 Å². The van der Waals surface area contributed by atoms with Crippen molar-refractivity contribution in [3.05, 3.63) is 113 Å². The molecule has 45 heavy (non-hydrogen) atoms. The molecule has 3 heteroatoms. The molecule has 0 saturated heterocycles. The molecule has 0 fully saturated rings. The van der Waals surface area contributed by atoms with Gasteiger partial charge in [0.1, 0.15) is 0 Å². The van der Waals surface area contributed by atoms with Crippen molar-refractivity contribution in [2.24, 2.45) is 0 Å². The van der Waals surface area contributed by atoms with Crippen LogP contribution in [0.4, 0.5) is 0 Å². The second-order valence-corrected chi connectivity index (χ2v) is 12.2. The molecule has 0 unspecified atom stereocenters. The quantitative estimate of drug-likeness (QED) is 0.0701. The number of allylic oxidation sites excluding steroid dienone is 4. The van der Waals surface area contributed by atoms with Gasteiger partial charge in [-0.05, 0) is 57.9 Å². The largest absolute Gasteiger partial charge is 2.00 e. The van der Waals surface area contributed by atoms with E-state index in [0.29, 0.717) is 0 Å². The van der Waals surface area contributed by atoms with Crippen LogP contribution in [0.5, 0.6) is 0 Å². The molecule has 0 atom stereocenters. The number of nitrogens with zero attached hydrogens (tertiary/aromatic N) is 2. The predicted molar refractivity (Wildman–Crippen MR) is 196 cm³/mol. The van der Waals surface area contributed by atoms with Gasteiger partial charge < -0.3 is 19.4 Å². The number of aryl methyl sites for hydroxylation is 2. The fourth-order valence-electron chi connectivity index (χ4n) is 5.22. The van der Waals surface area contributed by atoms with Crippen molar-refractivity contribution >= 4 is 11.4 Å². The summed E-state index contributed by atoms with van der Waals surface area (Å²) in [4.78, 5) is 0. The minimum absolute atomic E-state index is 0. The van der Waals surface area contributed by atoms with Gasteiger partial charge in [-0.2, -0.15) is 12.8 Å². The Morgan fingerprint density at radius 3 is 1.47 bits per heavy atom. The zero-order valence-electron chi connectivity index (χ0n) is 29.7. The summed E-state index contributed by atoms with van der Waals surface area (Å²) < 4.78 is 1.40. The molecule has 0 N–H and O–H groups in total. The van der Waals surface area contributed by atoms with Crippen molar-refractivity contribution in [2.75, 3.05) is 0 Å². The van der Waals surface area contributed by atoms with Crippen molar-refractivity contribution in [1.29, 1.82) is 0 Å². The Bertz CT molecular complexity index is 1160. The van der Waals surface area contributed by atoms with Crippen LogP contribution in [0.1, 0.15) is 153 Å². The van der Waals surface area contributed by atoms with Crippen LogP contribution in [-0.2, 0) is 16.5 Å². The Morgan fingerprint density at radius 2 is 1.04 bits per heavy atom. The first-order valence-corrected chi connectivity index (χ1v) is 17.7. The Balaban J connectivity index is 0.00000192. The van der Waals surface area contributed by atoms with E-state index in [1.54, 1.807) is 0 Å². The van der Waals surface area contributed by atoms with E-state index in [2.05, 4.69) is 116 Å². The second kappa shape index (κ2) is 26.9. The average Bonchev–Trinajstić information content (AvgIpc) is 3.28. The van der Waals surface area contributed by atoms with Crippen LogP contribution in [0.15, 0.2) is 71.8 Å². The van der Waals surface area contributed by atoms with E-state index >= 15 is 0 Å². The van der Waals surface area contributed by atoms with E-state index in [9.17, 15) is 5.53 Å². The number of benzene rings is 2. The second-order valence-electron chi connectivity index (χ2n) is 12.2. The van der Waals surface area contributed by atoms with Crippen LogP contribution in [0.2, 0.25) is 0 Å². The minimum atomic E-state index is 0. The van der Waals surface area contributed by atoms with Crippen molar-refractivity contribution in [1.82, 2.24) is 0 Å². The third-order valence-electron chi connectivity index (χ3n) is 7.99. The molecule has 1 aliphatic rings. The molecule has 252 valence electrons. The summed E-state index contributed by atoms with van der Waals surface area (Å²) in [5.74, 6) is 0. The maximum Gasteiger partial charge on any atom is 2.00 e. The Morgan fingerprint density at radius 1 is 0.622 bits per heavy atom. The molecule has 1 aliphatic heterocycles. The molecule has 0 saturated carbocycles. The van der Waals surface area contributed by atoms with E-state index in [4.69, 9.17) is 0 Å². The summed E-state index contributed by atoms with van der Waals surface area (Å²) in [6.07, 6.45) is 25.2. The van der Waals surface area contributed by atoms with Crippen molar-refractivity contribution in [3.8, 4) is 0 Å². The van der Waals surface area contributed by atoms with Crippen LogP contribution >= 0.6 is 0 Å². The summed E-state index contributed by atoms with van der Waals surface area (Å²) in [5, 5.41) is 0. The molecular weight excluding hydrogens is 591 g/mol. The van der Waals surface area contributed by atoms with Gasteiger partial charge in [-0.25, -0.2) is 4.70 Å². The number of hydrogen-bond donors (Lipinski definition) is 0. The zero-order chi connectivity index (χ0) is 32.6. The standard InChI is InChI=1S/C34H46N2.2C4H9.Ni/c1-5-6-7-8-9-10-11-12-13-14-15-16-17-24-32-29(4)33(30-22-18-20-27(2)25-30)36(35)34(32)31-23-19-21-28(3)26-31;2*1-3-4-2;/h17-26H,5-16H2,1-4H3;2*1,3-4H2,2H3;/q;2*-1;+2. The first-order valence-electron chi connectivity index (χ1n) is 17.7. The third-order valence-corrected chi connectivity index (χ3v) is 7.99. The number of hydrogen-bond acceptors (Lipinski definition) is 0. The smallest absolute Gasteiger partial charge is 0.493 e. The molecule has 2 nitrogen and oxygen atoms in total. The zero-order valence-corrected chi connectivity index (χ0v) is 30.7. The molecule has 0 aliphatic carbocycles. The fourth-order valence-corrected chi connectivity index (χ4v) is 5.22. The van der Waals surface area contributed by atoms with E-state index in [0.717, 1.165) is 52.9 Å². The third kappa shape index (κ3) is 16.8. The average molecular weight is 656 g/mol. The fraction of sp³-hybridized carbons (Fsp3) is 0.524. The van der Waals surface area contributed by atoms with E-state index < -0.39 is 0 Å². The number of unbranched alkanes of at least 4 members (excludes halogenated alkanes) is 13. The molecule has 0 aromatic heterocycles. The molecule has 2 aromatic carbocycles. The summed E-state index contributed by atoms with van der Waals surface area (Å²) in [6, 6.07) is 16.8. The van der Waals surface area contributed by atoms with Gasteiger partial charge in [0.25, 0.3) is 0 Å². The van der Waals surface area contributed by atoms with Crippen LogP contribution in [0.3, 0.4) is 0 Å². The summed E-state index contributed by atoms with van der Waals surface area (Å²) in [6.45, 7) is 20.1. The molecule has 0 radical (unpaired) electrons. The predicted octanol–water partition coefficient (Wildman–Crippen LogP) is 14.0. The van der Waals surface area contributed by atoms with Crippen molar-refractivity contribution in [3.63, 3.8) is 0 Å². The Kier molecular flexibility index (Phi) is 25.6. The summed E-state index contributed by atoms with van der Waals surface area (Å²) in [7, 11) is 0. The van der Waals surface area contributed by atoms with Crippen molar-refractivity contribution < 1.29 is 21.2 Å². The van der Waals surface area contributed by atoms with E-state index in [1.807, 2.05) is 0 Å². The first-order chi connectivity index (χ1) is 21.4. The first kappa shape index (κ1) is 42.8. The van der Waals surface area contributed by atoms with E-state index in [-0.39, 0.29) is 16.5 Å². The molecule has 0 bridgehead atoms. The Hall–Kier alpha value is -2.25. The van der Waals surface area contributed by atoms with Gasteiger partial charge >= 0.3 is 16.5 Å². The minimum Gasteiger partial charge on any atom is -0.493 e. The Labute approximate surface area is 289 Å². The molecule has 2 aromatic rings. The summed E-state index contributed by atoms with van der Waals surface area (Å²) >= 11 is 0. The van der Waals surface area contributed by atoms with Crippen LogP contribution < -0.4 is 0 Å². The van der Waals surface area contributed by atoms with Gasteiger partial charge in [0.15, 0.2) is 0 Å². The summed E-state index contributed by atoms with van der Waals surface area (Å²) in [5.41, 5.74) is 19.8. The molecule has 0 spiro atoms. The maximum atomic E-state index is 11.4. The van der Waals surface area contributed by atoms with Gasteiger partial charge in [-0.1, -0.05) is 145 Å². The van der Waals surface area contributed by atoms with Gasteiger partial charge in [-0.3, -0.25) is 0 Å². The van der Waals surface area contributed by atoms with E-state index in [1.165, 1.54) is 99.3 Å². The van der Waals surface area contributed by atoms with Gasteiger partial charge in [0, 0.05) is 16.7 Å². The SMILES string of the molecule is CCCCCCCCCCCCCC=CC1=C(c2cccc(C)c2)[N+](=[N-])C(c2cccc(C)c2)=C1C.[CH2-]CCC.[CH2-]CCC.[Ni+2]. The van der Waals surface area contributed by atoms with Crippen molar-refractivity contribution in [2.45, 2.75) is 144 Å². The van der Waals surface area contributed by atoms with Crippen LogP contribution in [-0.4, -0.2) is 4.70 Å². The maximum absolute atomic E-state index is 11.4. The molecule has 3 rings (SSSR count). The molecule has 1 heterocycles.